The predicted molar refractivity (Wildman–Crippen MR) is 135 cm³/mol. The fourth-order valence-electron chi connectivity index (χ4n) is 4.49. The molecule has 1 aliphatic heterocycles. The number of methoxy groups -OCH3 is 4. The molecule has 0 saturated carbocycles. The van der Waals surface area contributed by atoms with Crippen molar-refractivity contribution in [1.29, 1.82) is 0 Å². The van der Waals surface area contributed by atoms with Crippen molar-refractivity contribution in [2.45, 2.75) is 13.1 Å². The van der Waals surface area contributed by atoms with Crippen LogP contribution >= 0.6 is 0 Å². The Kier molecular flexibility index (Phi) is 6.43. The van der Waals surface area contributed by atoms with Gasteiger partial charge in [0, 0.05) is 24.0 Å². The quantitative estimate of drug-likeness (QED) is 0.341. The van der Waals surface area contributed by atoms with E-state index < -0.39 is 5.63 Å². The maximum atomic E-state index is 13.1. The Morgan fingerprint density at radius 1 is 0.806 bits per heavy atom. The topological polar surface area (TPSA) is 79.6 Å². The van der Waals surface area contributed by atoms with Crippen LogP contribution in [0.25, 0.3) is 22.1 Å². The van der Waals surface area contributed by atoms with E-state index in [1.165, 1.54) is 0 Å². The van der Waals surface area contributed by atoms with E-state index in [0.29, 0.717) is 65.3 Å². The van der Waals surface area contributed by atoms with E-state index in [1.54, 1.807) is 46.6 Å². The fourth-order valence-corrected chi connectivity index (χ4v) is 4.49. The maximum Gasteiger partial charge on any atom is 0.344 e. The number of rotatable bonds is 7. The lowest BCUT2D eigenvalue weighted by Gasteiger charge is -2.29. The molecule has 0 N–H and O–H groups in total. The summed E-state index contributed by atoms with van der Waals surface area (Å²) < 4.78 is 33.5. The molecule has 8 nitrogen and oxygen atoms in total. The highest BCUT2D eigenvalue weighted by atomic mass is 16.5. The minimum Gasteiger partial charge on any atom is -0.497 e. The molecule has 3 aromatic carbocycles. The van der Waals surface area contributed by atoms with E-state index in [2.05, 4.69) is 4.90 Å². The standard InChI is InChI=1S/C28H27NO7/c1-31-19-7-10-23(32-2)20(13-19)21-12-18-6-9-24-22(27(18)36-28(21)30)15-29(16-35-24)14-17-5-8-25(33-3)26(11-17)34-4/h5-13H,14-16H2,1-4H3. The van der Waals surface area contributed by atoms with Crippen LogP contribution in [-0.4, -0.2) is 40.1 Å². The Bertz CT molecular complexity index is 1480. The van der Waals surface area contributed by atoms with Gasteiger partial charge in [0.2, 0.25) is 0 Å². The molecule has 0 unspecified atom stereocenters. The number of hydrogen-bond donors (Lipinski definition) is 0. The van der Waals surface area contributed by atoms with Crippen LogP contribution in [0.5, 0.6) is 28.7 Å². The van der Waals surface area contributed by atoms with Gasteiger partial charge in [-0.05, 0) is 54.1 Å². The third-order valence-electron chi connectivity index (χ3n) is 6.30. The molecule has 0 atom stereocenters. The summed E-state index contributed by atoms with van der Waals surface area (Å²) in [6, 6.07) is 16.8. The Balaban J connectivity index is 1.50. The summed E-state index contributed by atoms with van der Waals surface area (Å²) in [4.78, 5) is 15.3. The van der Waals surface area contributed by atoms with E-state index in [1.807, 2.05) is 36.4 Å². The third-order valence-corrected chi connectivity index (χ3v) is 6.30. The second-order valence-electron chi connectivity index (χ2n) is 8.42. The van der Waals surface area contributed by atoms with Crippen molar-refractivity contribution in [2.75, 3.05) is 35.2 Å². The molecule has 0 aliphatic carbocycles. The summed E-state index contributed by atoms with van der Waals surface area (Å²) in [5.41, 5.74) is 2.95. The minimum atomic E-state index is -0.459. The van der Waals surface area contributed by atoms with Gasteiger partial charge in [-0.1, -0.05) is 6.07 Å². The monoisotopic (exact) mass is 489 g/mol. The van der Waals surface area contributed by atoms with E-state index in [4.69, 9.17) is 28.1 Å². The van der Waals surface area contributed by atoms with Gasteiger partial charge < -0.3 is 28.1 Å². The van der Waals surface area contributed by atoms with Gasteiger partial charge in [-0.3, -0.25) is 4.90 Å². The van der Waals surface area contributed by atoms with Gasteiger partial charge in [0.05, 0.1) is 39.6 Å². The van der Waals surface area contributed by atoms with E-state index >= 15 is 0 Å². The largest absolute Gasteiger partial charge is 0.497 e. The van der Waals surface area contributed by atoms with Crippen LogP contribution in [0, 0.1) is 0 Å². The molecule has 0 fully saturated rings. The van der Waals surface area contributed by atoms with Crippen LogP contribution in [0.2, 0.25) is 0 Å². The predicted octanol–water partition coefficient (Wildman–Crippen LogP) is 4.85. The smallest absolute Gasteiger partial charge is 0.344 e. The molecule has 186 valence electrons. The fraction of sp³-hybridized carbons (Fsp3) is 0.250. The first-order valence-electron chi connectivity index (χ1n) is 11.4. The molecular formula is C28H27NO7. The highest BCUT2D eigenvalue weighted by molar-refractivity contribution is 5.87. The molecule has 0 spiro atoms. The van der Waals surface area contributed by atoms with Crippen LogP contribution in [0.4, 0.5) is 0 Å². The zero-order chi connectivity index (χ0) is 25.2. The van der Waals surface area contributed by atoms with Crippen LogP contribution in [-0.2, 0) is 13.1 Å². The Morgan fingerprint density at radius 2 is 1.58 bits per heavy atom. The van der Waals surface area contributed by atoms with Gasteiger partial charge in [-0.2, -0.15) is 0 Å². The number of ether oxygens (including phenoxy) is 5. The zero-order valence-electron chi connectivity index (χ0n) is 20.6. The minimum absolute atomic E-state index is 0.400. The van der Waals surface area contributed by atoms with Gasteiger partial charge in [-0.15, -0.1) is 0 Å². The van der Waals surface area contributed by atoms with Crippen molar-refractivity contribution in [3.8, 4) is 39.9 Å². The highest BCUT2D eigenvalue weighted by Crippen LogP contribution is 2.37. The molecule has 5 rings (SSSR count). The molecule has 8 heteroatoms. The number of hydrogen-bond acceptors (Lipinski definition) is 8. The van der Waals surface area contributed by atoms with Crippen molar-refractivity contribution >= 4 is 11.0 Å². The van der Waals surface area contributed by atoms with Gasteiger partial charge in [0.15, 0.2) is 11.5 Å². The average molecular weight is 490 g/mol. The molecular weight excluding hydrogens is 462 g/mol. The zero-order valence-corrected chi connectivity index (χ0v) is 20.6. The van der Waals surface area contributed by atoms with Crippen molar-refractivity contribution in [3.63, 3.8) is 0 Å². The molecule has 0 saturated heterocycles. The molecule has 0 amide bonds. The Labute approximate surface area is 208 Å². The Morgan fingerprint density at radius 3 is 2.33 bits per heavy atom. The van der Waals surface area contributed by atoms with Crippen LogP contribution in [0.3, 0.4) is 0 Å². The molecule has 4 aromatic rings. The lowest BCUT2D eigenvalue weighted by atomic mass is 10.0. The second-order valence-corrected chi connectivity index (χ2v) is 8.42. The van der Waals surface area contributed by atoms with Gasteiger partial charge in [0.25, 0.3) is 0 Å². The van der Waals surface area contributed by atoms with Crippen LogP contribution in [0.15, 0.2) is 63.8 Å². The average Bonchev–Trinajstić information content (AvgIpc) is 2.92. The summed E-state index contributed by atoms with van der Waals surface area (Å²) in [5, 5.41) is 0.796. The van der Waals surface area contributed by atoms with Crippen molar-refractivity contribution in [2.24, 2.45) is 0 Å². The summed E-state index contributed by atoms with van der Waals surface area (Å²) in [6.07, 6.45) is 0. The lowest BCUT2D eigenvalue weighted by molar-refractivity contribution is 0.0889. The normalized spacial score (nSPS) is 13.1. The lowest BCUT2D eigenvalue weighted by Crippen LogP contribution is -2.31. The van der Waals surface area contributed by atoms with Gasteiger partial charge in [-0.25, -0.2) is 4.79 Å². The van der Waals surface area contributed by atoms with Crippen LogP contribution in [0.1, 0.15) is 11.1 Å². The first kappa shape index (κ1) is 23.6. The third kappa shape index (κ3) is 4.31. The SMILES string of the molecule is COc1ccc(OC)c(-c2cc3ccc4c(c3oc2=O)CN(Cc2ccc(OC)c(OC)c2)CO4)c1. The van der Waals surface area contributed by atoms with Crippen LogP contribution < -0.4 is 29.3 Å². The summed E-state index contributed by atoms with van der Waals surface area (Å²) >= 11 is 0. The first-order valence-corrected chi connectivity index (χ1v) is 11.4. The molecule has 0 radical (unpaired) electrons. The van der Waals surface area contributed by atoms with Gasteiger partial charge in [0.1, 0.15) is 29.6 Å². The summed E-state index contributed by atoms with van der Waals surface area (Å²) in [7, 11) is 6.37. The van der Waals surface area contributed by atoms with E-state index in [-0.39, 0.29) is 0 Å². The molecule has 36 heavy (non-hydrogen) atoms. The molecule has 1 aromatic heterocycles. The maximum absolute atomic E-state index is 13.1. The number of benzene rings is 3. The van der Waals surface area contributed by atoms with Gasteiger partial charge >= 0.3 is 5.63 Å². The number of fused-ring (bicyclic) bond motifs is 3. The Hall–Kier alpha value is -4.17. The number of nitrogens with zero attached hydrogens (tertiary/aromatic N) is 1. The second kappa shape index (κ2) is 9.83. The van der Waals surface area contributed by atoms with Crippen molar-refractivity contribution in [3.05, 3.63) is 76.1 Å². The summed E-state index contributed by atoms with van der Waals surface area (Å²) in [6.45, 7) is 1.60. The van der Waals surface area contributed by atoms with E-state index in [0.717, 1.165) is 16.5 Å². The molecule has 0 bridgehead atoms. The first-order chi connectivity index (χ1) is 17.5. The van der Waals surface area contributed by atoms with E-state index in [9.17, 15) is 4.79 Å². The highest BCUT2D eigenvalue weighted by Gasteiger charge is 2.23. The summed E-state index contributed by atoms with van der Waals surface area (Å²) in [5.74, 6) is 3.24. The molecule has 1 aliphatic rings. The van der Waals surface area contributed by atoms with Crippen molar-refractivity contribution in [1.82, 2.24) is 4.90 Å². The molecule has 2 heterocycles. The van der Waals surface area contributed by atoms with Crippen molar-refractivity contribution < 1.29 is 28.1 Å².